The van der Waals surface area contributed by atoms with Gasteiger partial charge in [-0.2, -0.15) is 0 Å². The second-order valence-corrected chi connectivity index (χ2v) is 6.71. The highest BCUT2D eigenvalue weighted by atomic mass is 16.2. The van der Waals surface area contributed by atoms with Crippen molar-refractivity contribution in [3.63, 3.8) is 0 Å². The van der Waals surface area contributed by atoms with Gasteiger partial charge < -0.3 is 10.6 Å². The second kappa shape index (κ2) is 7.61. The van der Waals surface area contributed by atoms with Crippen LogP contribution in [0.15, 0.2) is 54.6 Å². The van der Waals surface area contributed by atoms with Crippen LogP contribution in [0.4, 0.5) is 4.79 Å². The Kier molecular flexibility index (Phi) is 5.26. The molecule has 1 atom stereocenters. The zero-order chi connectivity index (χ0) is 19.4. The number of rotatable bonds is 6. The minimum absolute atomic E-state index is 0.300. The molecule has 1 fully saturated rings. The maximum absolute atomic E-state index is 13.0. The summed E-state index contributed by atoms with van der Waals surface area (Å²) >= 11 is 0. The summed E-state index contributed by atoms with van der Waals surface area (Å²) in [4.78, 5) is 38.7. The van der Waals surface area contributed by atoms with Gasteiger partial charge in [0.1, 0.15) is 12.1 Å². The first-order valence-electron chi connectivity index (χ1n) is 8.98. The van der Waals surface area contributed by atoms with Crippen molar-refractivity contribution in [3.8, 4) is 0 Å². The number of benzene rings is 2. The quantitative estimate of drug-likeness (QED) is 0.772. The van der Waals surface area contributed by atoms with Crippen LogP contribution in [0.1, 0.15) is 30.0 Å². The van der Waals surface area contributed by atoms with Crippen LogP contribution < -0.4 is 10.6 Å². The van der Waals surface area contributed by atoms with Gasteiger partial charge in [-0.1, -0.05) is 67.1 Å². The second-order valence-electron chi connectivity index (χ2n) is 6.71. The number of nitrogens with one attached hydrogen (secondary N) is 2. The van der Waals surface area contributed by atoms with Crippen LogP contribution >= 0.6 is 0 Å². The molecule has 1 heterocycles. The molecule has 0 radical (unpaired) electrons. The van der Waals surface area contributed by atoms with E-state index in [1.165, 1.54) is 0 Å². The molecule has 0 spiro atoms. The predicted octanol–water partition coefficient (Wildman–Crippen LogP) is 2.47. The molecule has 2 N–H and O–H groups in total. The van der Waals surface area contributed by atoms with E-state index in [-0.39, 0.29) is 12.5 Å². The Morgan fingerprint density at radius 1 is 1.07 bits per heavy atom. The molecule has 4 amide bonds. The maximum Gasteiger partial charge on any atom is 0.325 e. The molecule has 1 saturated heterocycles. The molecule has 2 aromatic carbocycles. The summed E-state index contributed by atoms with van der Waals surface area (Å²) in [5.41, 5.74) is 1.62. The minimum Gasteiger partial charge on any atom is -0.350 e. The lowest BCUT2D eigenvalue weighted by molar-refractivity contribution is -0.135. The number of urea groups is 1. The average Bonchev–Trinajstić information content (AvgIpc) is 2.93. The van der Waals surface area contributed by atoms with E-state index in [1.807, 2.05) is 68.4 Å². The fourth-order valence-electron chi connectivity index (χ4n) is 3.24. The number of aryl methyl sites for hydroxylation is 1. The Morgan fingerprint density at radius 3 is 2.37 bits per heavy atom. The smallest absolute Gasteiger partial charge is 0.325 e. The molecule has 3 rings (SSSR count). The van der Waals surface area contributed by atoms with Gasteiger partial charge in [-0.05, 0) is 24.5 Å². The molecule has 6 nitrogen and oxygen atoms in total. The molecule has 1 aliphatic rings. The first-order valence-corrected chi connectivity index (χ1v) is 8.98. The van der Waals surface area contributed by atoms with Crippen molar-refractivity contribution >= 4 is 17.8 Å². The topological polar surface area (TPSA) is 78.5 Å². The Bertz CT molecular complexity index is 849. The summed E-state index contributed by atoms with van der Waals surface area (Å²) < 4.78 is 0. The lowest BCUT2D eigenvalue weighted by atomic mass is 9.87. The van der Waals surface area contributed by atoms with E-state index in [1.54, 1.807) is 0 Å². The van der Waals surface area contributed by atoms with E-state index < -0.39 is 17.5 Å². The summed E-state index contributed by atoms with van der Waals surface area (Å²) in [6.07, 6.45) is 0.406. The Labute approximate surface area is 158 Å². The maximum atomic E-state index is 13.0. The SMILES string of the molecule is CC[C@@]1(c2ccc(C)cc2)NC(=O)N(CC(=O)NCc2ccccc2)C1=O. The molecule has 2 aromatic rings. The van der Waals surface area contributed by atoms with E-state index in [2.05, 4.69) is 10.6 Å². The molecule has 0 bridgehead atoms. The summed E-state index contributed by atoms with van der Waals surface area (Å²) in [7, 11) is 0. The van der Waals surface area contributed by atoms with Gasteiger partial charge in [0, 0.05) is 6.54 Å². The monoisotopic (exact) mass is 365 g/mol. The normalized spacial score (nSPS) is 19.1. The number of hydrogen-bond acceptors (Lipinski definition) is 3. The van der Waals surface area contributed by atoms with Crippen molar-refractivity contribution < 1.29 is 14.4 Å². The van der Waals surface area contributed by atoms with Gasteiger partial charge in [-0.3, -0.25) is 14.5 Å². The van der Waals surface area contributed by atoms with Crippen LogP contribution in [0.25, 0.3) is 0 Å². The third kappa shape index (κ3) is 3.69. The van der Waals surface area contributed by atoms with Crippen LogP contribution in [0.5, 0.6) is 0 Å². The standard InChI is InChI=1S/C21H23N3O3/c1-3-21(17-11-9-15(2)10-12-17)19(26)24(20(27)23-21)14-18(25)22-13-16-7-5-4-6-8-16/h4-12H,3,13-14H2,1-2H3,(H,22,25)(H,23,27)/t21-/m0/s1. The van der Waals surface area contributed by atoms with Crippen LogP contribution in [-0.4, -0.2) is 29.3 Å². The molecule has 27 heavy (non-hydrogen) atoms. The van der Waals surface area contributed by atoms with Crippen molar-refractivity contribution in [2.75, 3.05) is 6.54 Å². The number of carbonyl (C=O) groups is 3. The van der Waals surface area contributed by atoms with Gasteiger partial charge in [-0.15, -0.1) is 0 Å². The highest BCUT2D eigenvalue weighted by Gasteiger charge is 2.51. The number of nitrogens with zero attached hydrogens (tertiary/aromatic N) is 1. The summed E-state index contributed by atoms with van der Waals surface area (Å²) in [6, 6.07) is 16.4. The van der Waals surface area contributed by atoms with Gasteiger partial charge in [0.05, 0.1) is 0 Å². The van der Waals surface area contributed by atoms with E-state index >= 15 is 0 Å². The van der Waals surface area contributed by atoms with Crippen molar-refractivity contribution in [2.45, 2.75) is 32.4 Å². The molecule has 0 unspecified atom stereocenters. The van der Waals surface area contributed by atoms with E-state index in [0.29, 0.717) is 13.0 Å². The average molecular weight is 365 g/mol. The summed E-state index contributed by atoms with van der Waals surface area (Å²) in [5.74, 6) is -0.771. The first kappa shape index (κ1) is 18.6. The first-order chi connectivity index (χ1) is 13.0. The molecule has 0 saturated carbocycles. The third-order valence-electron chi connectivity index (χ3n) is 4.88. The van der Waals surface area contributed by atoms with Gasteiger partial charge in [0.15, 0.2) is 0 Å². The van der Waals surface area contributed by atoms with Crippen LogP contribution in [0, 0.1) is 6.92 Å². The molecule has 0 aliphatic carbocycles. The summed E-state index contributed by atoms with van der Waals surface area (Å²) in [5, 5.41) is 5.54. The fraction of sp³-hybridized carbons (Fsp3) is 0.286. The largest absolute Gasteiger partial charge is 0.350 e. The number of imide groups is 1. The molecule has 0 aromatic heterocycles. The van der Waals surface area contributed by atoms with Crippen LogP contribution in [-0.2, 0) is 21.7 Å². The molecule has 6 heteroatoms. The Hall–Kier alpha value is -3.15. The minimum atomic E-state index is -1.12. The van der Waals surface area contributed by atoms with Gasteiger partial charge >= 0.3 is 6.03 Å². The van der Waals surface area contributed by atoms with Crippen molar-refractivity contribution in [1.82, 2.24) is 15.5 Å². The van der Waals surface area contributed by atoms with E-state index in [0.717, 1.165) is 21.6 Å². The molecule has 140 valence electrons. The lowest BCUT2D eigenvalue weighted by Gasteiger charge is -2.25. The lowest BCUT2D eigenvalue weighted by Crippen LogP contribution is -2.44. The number of hydrogen-bond donors (Lipinski definition) is 2. The van der Waals surface area contributed by atoms with Crippen molar-refractivity contribution in [2.24, 2.45) is 0 Å². The zero-order valence-corrected chi connectivity index (χ0v) is 15.5. The van der Waals surface area contributed by atoms with Gasteiger partial charge in [0.2, 0.25) is 5.91 Å². The van der Waals surface area contributed by atoms with Gasteiger partial charge in [-0.25, -0.2) is 4.79 Å². The van der Waals surface area contributed by atoms with Crippen molar-refractivity contribution in [1.29, 1.82) is 0 Å². The Balaban J connectivity index is 1.71. The molecule has 1 aliphatic heterocycles. The number of carbonyl (C=O) groups excluding carboxylic acids is 3. The Morgan fingerprint density at radius 2 is 1.74 bits per heavy atom. The highest BCUT2D eigenvalue weighted by molar-refractivity contribution is 6.09. The summed E-state index contributed by atoms with van der Waals surface area (Å²) in [6.45, 7) is 3.85. The fourth-order valence-corrected chi connectivity index (χ4v) is 3.24. The molecular weight excluding hydrogens is 342 g/mol. The van der Waals surface area contributed by atoms with E-state index in [4.69, 9.17) is 0 Å². The van der Waals surface area contributed by atoms with Crippen molar-refractivity contribution in [3.05, 3.63) is 71.3 Å². The highest BCUT2D eigenvalue weighted by Crippen LogP contribution is 2.32. The van der Waals surface area contributed by atoms with E-state index in [9.17, 15) is 14.4 Å². The molecular formula is C21H23N3O3. The predicted molar refractivity (Wildman–Crippen MR) is 102 cm³/mol. The third-order valence-corrected chi connectivity index (χ3v) is 4.88. The van der Waals surface area contributed by atoms with Crippen LogP contribution in [0.2, 0.25) is 0 Å². The zero-order valence-electron chi connectivity index (χ0n) is 15.5. The van der Waals surface area contributed by atoms with Gasteiger partial charge in [0.25, 0.3) is 5.91 Å². The number of amides is 4. The van der Waals surface area contributed by atoms with Crippen LogP contribution in [0.3, 0.4) is 0 Å².